The Kier molecular flexibility index (Phi) is 5.99. The van der Waals surface area contributed by atoms with Gasteiger partial charge in [0.05, 0.1) is 12.7 Å². The van der Waals surface area contributed by atoms with Crippen LogP contribution in [0.1, 0.15) is 27.3 Å². The number of nitrogens with zero attached hydrogens (tertiary/aromatic N) is 3. The Balaban J connectivity index is 1.76. The molecule has 0 aliphatic heterocycles. The number of methoxy groups -OCH3 is 1. The smallest absolute Gasteiger partial charge is 0.287 e. The van der Waals surface area contributed by atoms with E-state index >= 15 is 0 Å². The highest BCUT2D eigenvalue weighted by molar-refractivity contribution is 5.90. The number of nitrogens with two attached hydrogens (primary N) is 1. The average molecular weight is 444 g/mol. The van der Waals surface area contributed by atoms with Gasteiger partial charge in [0, 0.05) is 11.8 Å². The number of phenols is 2. The predicted molar refractivity (Wildman–Crippen MR) is 124 cm³/mol. The summed E-state index contributed by atoms with van der Waals surface area (Å²) in [5, 5.41) is 29.1. The van der Waals surface area contributed by atoms with Crippen molar-refractivity contribution in [1.82, 2.24) is 14.8 Å². The maximum atomic E-state index is 12.0. The second kappa shape index (κ2) is 9.04. The first-order valence-electron chi connectivity index (χ1n) is 10.4. The van der Waals surface area contributed by atoms with Gasteiger partial charge >= 0.3 is 0 Å². The van der Waals surface area contributed by atoms with Crippen LogP contribution >= 0.6 is 0 Å². The van der Waals surface area contributed by atoms with Gasteiger partial charge in [-0.1, -0.05) is 29.8 Å². The number of aromatic nitrogens is 3. The number of rotatable bonds is 7. The van der Waals surface area contributed by atoms with Crippen molar-refractivity contribution in [1.29, 1.82) is 0 Å². The Morgan fingerprint density at radius 1 is 0.970 bits per heavy atom. The molecule has 1 aromatic heterocycles. The maximum Gasteiger partial charge on any atom is 0.287 e. The van der Waals surface area contributed by atoms with E-state index in [0.29, 0.717) is 35.4 Å². The van der Waals surface area contributed by atoms with Crippen LogP contribution in [0, 0.1) is 6.92 Å². The second-order valence-corrected chi connectivity index (χ2v) is 7.73. The van der Waals surface area contributed by atoms with Crippen molar-refractivity contribution < 1.29 is 19.7 Å². The standard InChI is InChI=1S/C25H24N4O4/c1-15-3-5-16(6-4-15)7-8-17-13-20(22(31)14-21(17)30)24-27-28-25(23(26)32)29(24)18-9-11-19(33-2)12-10-18/h3-6,9-14,30-31H,7-8H2,1-2H3,(H2,26,32). The van der Waals surface area contributed by atoms with E-state index in [1.54, 1.807) is 37.4 Å². The van der Waals surface area contributed by atoms with Gasteiger partial charge in [-0.25, -0.2) is 0 Å². The third kappa shape index (κ3) is 4.50. The highest BCUT2D eigenvalue weighted by atomic mass is 16.5. The Hall–Kier alpha value is -4.33. The van der Waals surface area contributed by atoms with E-state index in [-0.39, 0.29) is 23.1 Å². The van der Waals surface area contributed by atoms with Gasteiger partial charge in [0.1, 0.15) is 17.2 Å². The molecule has 1 amide bonds. The van der Waals surface area contributed by atoms with Crippen LogP contribution in [0.25, 0.3) is 17.1 Å². The van der Waals surface area contributed by atoms with Crippen molar-refractivity contribution >= 4 is 5.91 Å². The summed E-state index contributed by atoms with van der Waals surface area (Å²) in [7, 11) is 1.56. The first kappa shape index (κ1) is 21.9. The third-order valence-corrected chi connectivity index (χ3v) is 5.46. The van der Waals surface area contributed by atoms with Crippen LogP contribution in [0.15, 0.2) is 60.7 Å². The minimum atomic E-state index is -0.762. The molecule has 3 aromatic carbocycles. The molecule has 0 saturated heterocycles. The lowest BCUT2D eigenvalue weighted by Gasteiger charge is -2.13. The molecule has 0 saturated carbocycles. The average Bonchev–Trinajstić information content (AvgIpc) is 3.25. The molecule has 0 unspecified atom stereocenters. The fourth-order valence-electron chi connectivity index (χ4n) is 3.63. The Bertz CT molecular complexity index is 1300. The van der Waals surface area contributed by atoms with E-state index in [0.717, 1.165) is 5.56 Å². The molecular weight excluding hydrogens is 420 g/mol. The van der Waals surface area contributed by atoms with E-state index < -0.39 is 5.91 Å². The quantitative estimate of drug-likeness (QED) is 0.401. The molecule has 0 aliphatic carbocycles. The van der Waals surface area contributed by atoms with Gasteiger partial charge in [0.15, 0.2) is 5.82 Å². The van der Waals surface area contributed by atoms with Crippen LogP contribution in [0.3, 0.4) is 0 Å². The summed E-state index contributed by atoms with van der Waals surface area (Å²) in [6.07, 6.45) is 1.25. The molecule has 8 nitrogen and oxygen atoms in total. The molecule has 1 heterocycles. The number of hydrogen-bond donors (Lipinski definition) is 3. The number of carbonyl (C=O) groups is 1. The summed E-state index contributed by atoms with van der Waals surface area (Å²) in [4.78, 5) is 12.0. The predicted octanol–water partition coefficient (Wildman–Crippen LogP) is 3.55. The van der Waals surface area contributed by atoms with Crippen LogP contribution in [0.5, 0.6) is 17.2 Å². The van der Waals surface area contributed by atoms with Gasteiger partial charge in [-0.2, -0.15) is 0 Å². The highest BCUT2D eigenvalue weighted by Gasteiger charge is 2.22. The molecule has 4 N–H and O–H groups in total. The molecule has 0 radical (unpaired) electrons. The van der Waals surface area contributed by atoms with Gasteiger partial charge in [0.25, 0.3) is 5.91 Å². The van der Waals surface area contributed by atoms with Crippen molar-refractivity contribution in [2.45, 2.75) is 19.8 Å². The lowest BCUT2D eigenvalue weighted by molar-refractivity contribution is 0.0988. The van der Waals surface area contributed by atoms with Gasteiger partial charge < -0.3 is 20.7 Å². The third-order valence-electron chi connectivity index (χ3n) is 5.46. The first-order chi connectivity index (χ1) is 15.9. The molecule has 0 fully saturated rings. The lowest BCUT2D eigenvalue weighted by atomic mass is 10.00. The molecular formula is C25H24N4O4. The topological polar surface area (TPSA) is 123 Å². The zero-order chi connectivity index (χ0) is 23.5. The van der Waals surface area contributed by atoms with E-state index in [4.69, 9.17) is 10.5 Å². The van der Waals surface area contributed by atoms with Gasteiger partial charge in [-0.3, -0.25) is 9.36 Å². The SMILES string of the molecule is COc1ccc(-n2c(C(N)=O)nnc2-c2cc(CCc3ccc(C)cc3)c(O)cc2O)cc1. The summed E-state index contributed by atoms with van der Waals surface area (Å²) in [5.41, 5.74) is 9.36. The van der Waals surface area contributed by atoms with Gasteiger partial charge in [0.2, 0.25) is 5.82 Å². The fourth-order valence-corrected chi connectivity index (χ4v) is 3.63. The van der Waals surface area contributed by atoms with Crippen LogP contribution in [-0.4, -0.2) is 38.0 Å². The van der Waals surface area contributed by atoms with Crippen LogP contribution in [0.4, 0.5) is 0 Å². The van der Waals surface area contributed by atoms with Crippen molar-refractivity contribution in [2.75, 3.05) is 7.11 Å². The Morgan fingerprint density at radius 3 is 2.30 bits per heavy atom. The largest absolute Gasteiger partial charge is 0.508 e. The summed E-state index contributed by atoms with van der Waals surface area (Å²) in [6.45, 7) is 2.03. The first-order valence-corrected chi connectivity index (χ1v) is 10.4. The minimum Gasteiger partial charge on any atom is -0.508 e. The summed E-state index contributed by atoms with van der Waals surface area (Å²) in [6, 6.07) is 18.0. The van der Waals surface area contributed by atoms with E-state index in [1.807, 2.05) is 31.2 Å². The highest BCUT2D eigenvalue weighted by Crippen LogP contribution is 2.36. The number of benzene rings is 3. The number of hydrogen-bond acceptors (Lipinski definition) is 6. The van der Waals surface area contributed by atoms with Crippen LogP contribution in [-0.2, 0) is 12.8 Å². The number of aryl methyl sites for hydroxylation is 3. The van der Waals surface area contributed by atoms with Gasteiger partial charge in [-0.05, 0) is 61.2 Å². The summed E-state index contributed by atoms with van der Waals surface area (Å²) in [5.74, 6) is -0.187. The zero-order valence-corrected chi connectivity index (χ0v) is 18.3. The van der Waals surface area contributed by atoms with Crippen molar-refractivity contribution in [3.63, 3.8) is 0 Å². The molecule has 33 heavy (non-hydrogen) atoms. The molecule has 4 aromatic rings. The van der Waals surface area contributed by atoms with E-state index in [1.165, 1.54) is 16.2 Å². The monoisotopic (exact) mass is 444 g/mol. The molecule has 0 bridgehead atoms. The van der Waals surface area contributed by atoms with Crippen LogP contribution < -0.4 is 10.5 Å². The van der Waals surface area contributed by atoms with Crippen molar-refractivity contribution in [2.24, 2.45) is 5.73 Å². The normalized spacial score (nSPS) is 10.8. The van der Waals surface area contributed by atoms with Gasteiger partial charge in [-0.15, -0.1) is 10.2 Å². The molecule has 0 aliphatic rings. The molecule has 0 spiro atoms. The summed E-state index contributed by atoms with van der Waals surface area (Å²) < 4.78 is 6.67. The number of phenolic OH excluding ortho intramolecular Hbond substituents is 2. The van der Waals surface area contributed by atoms with Crippen molar-refractivity contribution in [3.8, 4) is 34.3 Å². The second-order valence-electron chi connectivity index (χ2n) is 7.73. The zero-order valence-electron chi connectivity index (χ0n) is 18.3. The number of aromatic hydroxyl groups is 2. The molecule has 4 rings (SSSR count). The lowest BCUT2D eigenvalue weighted by Crippen LogP contribution is -2.17. The van der Waals surface area contributed by atoms with E-state index in [2.05, 4.69) is 10.2 Å². The molecule has 8 heteroatoms. The van der Waals surface area contributed by atoms with Crippen molar-refractivity contribution in [3.05, 3.63) is 83.2 Å². The molecule has 168 valence electrons. The summed E-state index contributed by atoms with van der Waals surface area (Å²) >= 11 is 0. The molecule has 0 atom stereocenters. The maximum absolute atomic E-state index is 12.0. The van der Waals surface area contributed by atoms with E-state index in [9.17, 15) is 15.0 Å². The number of ether oxygens (including phenoxy) is 1. The van der Waals surface area contributed by atoms with Crippen LogP contribution in [0.2, 0.25) is 0 Å². The number of primary amides is 1. The fraction of sp³-hybridized carbons (Fsp3) is 0.160. The Labute approximate surface area is 190 Å². The number of carbonyl (C=O) groups excluding carboxylic acids is 1. The minimum absolute atomic E-state index is 0.0194. The number of amides is 1. The Morgan fingerprint density at radius 2 is 1.67 bits per heavy atom.